The average Bonchev–Trinajstić information content (AvgIpc) is 3.16. The summed E-state index contributed by atoms with van der Waals surface area (Å²) in [7, 11) is 0. The number of rotatable bonds is 7. The van der Waals surface area contributed by atoms with Crippen LogP contribution in [0.25, 0.3) is 0 Å². The lowest BCUT2D eigenvalue weighted by Crippen LogP contribution is -2.41. The van der Waals surface area contributed by atoms with Crippen LogP contribution in [0.3, 0.4) is 0 Å². The van der Waals surface area contributed by atoms with Crippen LogP contribution in [-0.4, -0.2) is 26.9 Å². The van der Waals surface area contributed by atoms with E-state index in [1.54, 1.807) is 18.3 Å². The molecule has 3 rings (SSSR count). The Kier molecular flexibility index (Phi) is 5.72. The van der Waals surface area contributed by atoms with Crippen molar-refractivity contribution in [3.8, 4) is 11.6 Å². The van der Waals surface area contributed by atoms with Crippen LogP contribution in [0.5, 0.6) is 11.6 Å². The van der Waals surface area contributed by atoms with Crippen LogP contribution < -0.4 is 15.8 Å². The summed E-state index contributed by atoms with van der Waals surface area (Å²) in [5, 5.41) is 2.71. The largest absolute Gasteiger partial charge is 0.439 e. The number of aromatic amines is 1. The lowest BCUT2D eigenvalue weighted by atomic mass is 10.1. The highest BCUT2D eigenvalue weighted by Gasteiger charge is 2.16. The normalized spacial score (nSPS) is 11.8. The van der Waals surface area contributed by atoms with Gasteiger partial charge in [-0.05, 0) is 18.2 Å². The first-order chi connectivity index (χ1) is 13.0. The maximum Gasteiger partial charge on any atom is 0.237 e. The molecule has 1 amide bonds. The molecular formula is C18H17F2N5O2. The Morgan fingerprint density at radius 1 is 1.30 bits per heavy atom. The quantitative estimate of drug-likeness (QED) is 0.588. The lowest BCUT2D eigenvalue weighted by molar-refractivity contribution is -0.122. The van der Waals surface area contributed by atoms with Gasteiger partial charge in [0.2, 0.25) is 11.8 Å². The summed E-state index contributed by atoms with van der Waals surface area (Å²) < 4.78 is 31.9. The molecule has 7 nitrogen and oxygen atoms in total. The molecule has 0 aliphatic rings. The molecule has 0 saturated heterocycles. The van der Waals surface area contributed by atoms with Gasteiger partial charge in [0, 0.05) is 42.7 Å². The van der Waals surface area contributed by atoms with E-state index in [1.165, 1.54) is 18.6 Å². The third kappa shape index (κ3) is 4.85. The Hall–Kier alpha value is -3.33. The Labute approximate surface area is 153 Å². The number of imidazole rings is 1. The van der Waals surface area contributed by atoms with Crippen molar-refractivity contribution in [2.75, 3.05) is 0 Å². The number of hydrogen-bond donors (Lipinski definition) is 3. The molecule has 140 valence electrons. The fraction of sp³-hybridized carbons (Fsp3) is 0.167. The van der Waals surface area contributed by atoms with Crippen molar-refractivity contribution in [2.45, 2.75) is 19.0 Å². The third-order valence-electron chi connectivity index (χ3n) is 3.74. The van der Waals surface area contributed by atoms with E-state index in [-0.39, 0.29) is 24.1 Å². The molecule has 0 saturated carbocycles. The van der Waals surface area contributed by atoms with Crippen LogP contribution in [0.15, 0.2) is 49.1 Å². The van der Waals surface area contributed by atoms with E-state index in [1.807, 2.05) is 0 Å². The zero-order valence-electron chi connectivity index (χ0n) is 14.2. The molecule has 0 fully saturated rings. The number of nitrogens with one attached hydrogen (secondary N) is 2. The van der Waals surface area contributed by atoms with Gasteiger partial charge in [-0.25, -0.2) is 18.7 Å². The zero-order chi connectivity index (χ0) is 19.2. The minimum Gasteiger partial charge on any atom is -0.439 e. The smallest absolute Gasteiger partial charge is 0.237 e. The van der Waals surface area contributed by atoms with E-state index < -0.39 is 17.7 Å². The van der Waals surface area contributed by atoms with Crippen molar-refractivity contribution in [1.82, 2.24) is 20.3 Å². The van der Waals surface area contributed by atoms with Gasteiger partial charge in [-0.3, -0.25) is 4.79 Å². The first-order valence-corrected chi connectivity index (χ1v) is 8.10. The average molecular weight is 373 g/mol. The van der Waals surface area contributed by atoms with E-state index in [2.05, 4.69) is 20.3 Å². The lowest BCUT2D eigenvalue weighted by Gasteiger charge is -2.13. The van der Waals surface area contributed by atoms with E-state index >= 15 is 0 Å². The predicted octanol–water partition coefficient (Wildman–Crippen LogP) is 2.06. The number of pyridine rings is 1. The summed E-state index contributed by atoms with van der Waals surface area (Å²) in [6.07, 6.45) is 4.92. The number of carbonyl (C=O) groups is 1. The first-order valence-electron chi connectivity index (χ1n) is 8.10. The molecule has 0 aliphatic carbocycles. The van der Waals surface area contributed by atoms with Crippen LogP contribution in [0.1, 0.15) is 11.3 Å². The van der Waals surface area contributed by atoms with Crippen LogP contribution in [0.4, 0.5) is 8.78 Å². The Morgan fingerprint density at radius 3 is 2.89 bits per heavy atom. The summed E-state index contributed by atoms with van der Waals surface area (Å²) in [6.45, 7) is 0.113. The number of carbonyl (C=O) groups excluding carboxylic acids is 1. The molecule has 0 radical (unpaired) electrons. The molecule has 0 bridgehead atoms. The summed E-state index contributed by atoms with van der Waals surface area (Å²) in [4.78, 5) is 23.0. The molecule has 0 aliphatic heterocycles. The van der Waals surface area contributed by atoms with Crippen molar-refractivity contribution >= 4 is 5.91 Å². The third-order valence-corrected chi connectivity index (χ3v) is 3.74. The van der Waals surface area contributed by atoms with Crippen LogP contribution >= 0.6 is 0 Å². The minimum atomic E-state index is -1.02. The van der Waals surface area contributed by atoms with Crippen molar-refractivity contribution in [3.63, 3.8) is 0 Å². The van der Waals surface area contributed by atoms with E-state index in [0.717, 1.165) is 17.8 Å². The highest BCUT2D eigenvalue weighted by molar-refractivity contribution is 5.81. The van der Waals surface area contributed by atoms with Crippen molar-refractivity contribution < 1.29 is 18.3 Å². The molecule has 0 spiro atoms. The number of nitrogens with two attached hydrogens (primary N) is 1. The Morgan fingerprint density at radius 2 is 2.15 bits per heavy atom. The maximum atomic E-state index is 13.3. The minimum absolute atomic E-state index is 0.0936. The second-order valence-corrected chi connectivity index (χ2v) is 5.75. The number of nitrogens with zero attached hydrogens (tertiary/aromatic N) is 2. The maximum absolute atomic E-state index is 13.3. The van der Waals surface area contributed by atoms with Gasteiger partial charge in [0.25, 0.3) is 0 Å². The molecule has 9 heteroatoms. The molecule has 3 aromatic rings. The molecular weight excluding hydrogens is 356 g/mol. The zero-order valence-corrected chi connectivity index (χ0v) is 14.2. The predicted molar refractivity (Wildman–Crippen MR) is 92.8 cm³/mol. The van der Waals surface area contributed by atoms with Crippen LogP contribution in [0.2, 0.25) is 0 Å². The Balaban J connectivity index is 1.63. The second kappa shape index (κ2) is 8.37. The second-order valence-electron chi connectivity index (χ2n) is 5.75. The fourth-order valence-corrected chi connectivity index (χ4v) is 2.34. The SMILES string of the molecule is N[C@@H](Cc1cnc[nH]1)C(=O)NCc1cccnc1Oc1ccc(F)c(F)c1. The van der Waals surface area contributed by atoms with Crippen molar-refractivity contribution in [2.24, 2.45) is 5.73 Å². The summed E-state index contributed by atoms with van der Waals surface area (Å²) in [6, 6.07) is 5.79. The number of benzene rings is 1. The van der Waals surface area contributed by atoms with Gasteiger partial charge < -0.3 is 20.8 Å². The van der Waals surface area contributed by atoms with Gasteiger partial charge in [0.05, 0.1) is 12.4 Å². The summed E-state index contributed by atoms with van der Waals surface area (Å²) in [5.74, 6) is -2.08. The first kappa shape index (κ1) is 18.5. The number of halogens is 2. The van der Waals surface area contributed by atoms with Crippen LogP contribution in [-0.2, 0) is 17.8 Å². The number of H-pyrrole nitrogens is 1. The number of aromatic nitrogens is 3. The summed E-state index contributed by atoms with van der Waals surface area (Å²) >= 11 is 0. The molecule has 4 N–H and O–H groups in total. The van der Waals surface area contributed by atoms with Gasteiger partial charge in [-0.1, -0.05) is 6.07 Å². The number of amides is 1. The standard InChI is InChI=1S/C18H17F2N5O2/c19-14-4-3-13(7-15(14)20)27-18-11(2-1-5-23-18)8-24-17(26)16(21)6-12-9-22-10-25-12/h1-5,7,9-10,16H,6,8,21H2,(H,22,25)(H,24,26)/t16-/m0/s1. The fourth-order valence-electron chi connectivity index (χ4n) is 2.34. The van der Waals surface area contributed by atoms with Crippen LogP contribution in [0, 0.1) is 11.6 Å². The molecule has 2 heterocycles. The number of ether oxygens (including phenoxy) is 1. The van der Waals surface area contributed by atoms with E-state index in [9.17, 15) is 13.6 Å². The van der Waals surface area contributed by atoms with Gasteiger partial charge in [-0.2, -0.15) is 0 Å². The van der Waals surface area contributed by atoms with Gasteiger partial charge in [0.15, 0.2) is 11.6 Å². The van der Waals surface area contributed by atoms with Gasteiger partial charge in [0.1, 0.15) is 5.75 Å². The molecule has 1 aromatic carbocycles. The van der Waals surface area contributed by atoms with Crippen molar-refractivity contribution in [3.05, 3.63) is 71.9 Å². The van der Waals surface area contributed by atoms with Crippen molar-refractivity contribution in [1.29, 1.82) is 0 Å². The molecule has 2 aromatic heterocycles. The van der Waals surface area contributed by atoms with Gasteiger partial charge >= 0.3 is 0 Å². The van der Waals surface area contributed by atoms with E-state index in [4.69, 9.17) is 10.5 Å². The molecule has 0 unspecified atom stereocenters. The number of hydrogen-bond acceptors (Lipinski definition) is 5. The molecule has 1 atom stereocenters. The van der Waals surface area contributed by atoms with Gasteiger partial charge in [-0.15, -0.1) is 0 Å². The summed E-state index contributed by atoms with van der Waals surface area (Å²) in [5.41, 5.74) is 7.19. The van der Waals surface area contributed by atoms with E-state index in [0.29, 0.717) is 12.0 Å². The highest BCUT2D eigenvalue weighted by atomic mass is 19.2. The topological polar surface area (TPSA) is 106 Å². The molecule has 27 heavy (non-hydrogen) atoms. The highest BCUT2D eigenvalue weighted by Crippen LogP contribution is 2.24. The Bertz CT molecular complexity index is 918. The monoisotopic (exact) mass is 373 g/mol.